The predicted molar refractivity (Wildman–Crippen MR) is 300 cm³/mol. The molecule has 0 N–H and O–H groups in total. The number of fused-ring (bicyclic) bond motifs is 4. The lowest BCUT2D eigenvalue weighted by Gasteiger charge is -2.21. The first-order valence-electron chi connectivity index (χ1n) is 25.6. The third-order valence-corrected chi connectivity index (χ3v) is 13.6. The van der Waals surface area contributed by atoms with Crippen LogP contribution in [0.1, 0.15) is 74.1 Å². The van der Waals surface area contributed by atoms with Gasteiger partial charge in [0.15, 0.2) is 0 Å². The van der Waals surface area contributed by atoms with Crippen molar-refractivity contribution in [2.45, 2.75) is 51.9 Å². The lowest BCUT2D eigenvalue weighted by molar-refractivity contribution is 0.304. The van der Waals surface area contributed by atoms with E-state index < -0.39 is 0 Å². The van der Waals surface area contributed by atoms with E-state index in [1.165, 1.54) is 36.8 Å². The quantitative estimate of drug-likeness (QED) is 0.105. The summed E-state index contributed by atoms with van der Waals surface area (Å²) in [6.45, 7) is 5.00. The Hall–Kier alpha value is -8.42. The van der Waals surface area contributed by atoms with Crippen molar-refractivity contribution < 1.29 is 4.74 Å². The zero-order chi connectivity index (χ0) is 48.5. The second-order valence-electron chi connectivity index (χ2n) is 18.6. The van der Waals surface area contributed by atoms with Gasteiger partial charge in [-0.2, -0.15) is 0 Å². The number of unbranched alkanes of at least 4 members (excludes halogenated alkanes) is 5. The molecule has 0 saturated carbocycles. The van der Waals surface area contributed by atoms with Crippen LogP contribution in [0.4, 0.5) is 0 Å². The van der Waals surface area contributed by atoms with E-state index in [4.69, 9.17) is 24.7 Å². The molecular weight excluding hydrogens is 881 g/mol. The van der Waals surface area contributed by atoms with Crippen molar-refractivity contribution in [3.63, 3.8) is 0 Å². The highest BCUT2D eigenvalue weighted by atomic mass is 16.5. The Morgan fingerprint density at radius 3 is 1.08 bits per heavy atom. The summed E-state index contributed by atoms with van der Waals surface area (Å²) in [5.74, 6) is 0.859. The maximum Gasteiger partial charge on any atom is 0.119 e. The van der Waals surface area contributed by atoms with Crippen molar-refractivity contribution in [1.82, 2.24) is 9.80 Å². The molecule has 0 aromatic heterocycles. The Morgan fingerprint density at radius 2 is 0.694 bits per heavy atom. The number of allylic oxidation sites excluding steroid dienone is 18. The summed E-state index contributed by atoms with van der Waals surface area (Å²) in [7, 11) is 0. The summed E-state index contributed by atoms with van der Waals surface area (Å²) in [5, 5.41) is 0. The van der Waals surface area contributed by atoms with Gasteiger partial charge in [0.25, 0.3) is 0 Å². The highest BCUT2D eigenvalue weighted by Gasteiger charge is 2.27. The summed E-state index contributed by atoms with van der Waals surface area (Å²) >= 11 is 0. The Bertz CT molecular complexity index is 3210. The number of rotatable bonds is 16. The molecule has 4 aromatic rings. The van der Waals surface area contributed by atoms with Gasteiger partial charge < -0.3 is 14.5 Å². The van der Waals surface area contributed by atoms with Crippen molar-refractivity contribution in [3.05, 3.63) is 269 Å². The van der Waals surface area contributed by atoms with Crippen LogP contribution in [0.3, 0.4) is 0 Å². The van der Waals surface area contributed by atoms with Gasteiger partial charge in [-0.05, 0) is 138 Å². The third-order valence-electron chi connectivity index (χ3n) is 13.6. The molecule has 0 unspecified atom stereocenters. The largest absolute Gasteiger partial charge is 0.494 e. The smallest absolute Gasteiger partial charge is 0.119 e. The first-order chi connectivity index (χ1) is 35.6. The molecule has 11 rings (SSSR count). The van der Waals surface area contributed by atoms with Crippen molar-refractivity contribution in [1.29, 1.82) is 0 Å². The number of nitrogens with zero attached hydrogens (tertiary/aromatic N) is 6. The maximum atomic E-state index is 6.33. The SMILES string of the molecule is CCCN1C=CC(=C2C=CN(CCCCCCCCOc3ccc(C4=C5C=CC(=N5)C(c5ccccc5)=C5C=CC(=N5)C(c5ccccc5)=C5C=CC(=N5)C(c5ccccc5)=C5C=CC4=N5)cc3)C=C2)C=C1. The number of hydrogen-bond acceptors (Lipinski definition) is 7. The van der Waals surface area contributed by atoms with E-state index in [0.29, 0.717) is 6.61 Å². The minimum atomic E-state index is 0.690. The summed E-state index contributed by atoms with van der Waals surface area (Å²) < 4.78 is 6.33. The molecule has 7 nitrogen and oxygen atoms in total. The topological polar surface area (TPSA) is 65.2 Å². The van der Waals surface area contributed by atoms with Gasteiger partial charge in [-0.3, -0.25) is 0 Å². The van der Waals surface area contributed by atoms with Crippen LogP contribution in [0.5, 0.6) is 5.75 Å². The Labute approximate surface area is 424 Å². The normalized spacial score (nSPS) is 17.6. The van der Waals surface area contributed by atoms with E-state index in [1.807, 2.05) is 18.2 Å². The highest BCUT2D eigenvalue weighted by molar-refractivity contribution is 6.39. The second kappa shape index (κ2) is 21.7. The molecule has 0 saturated heterocycles. The summed E-state index contributed by atoms with van der Waals surface area (Å²) in [4.78, 5) is 26.2. The minimum Gasteiger partial charge on any atom is -0.494 e. The molecule has 0 spiro atoms. The molecule has 8 bridgehead atoms. The monoisotopic (exact) mass is 938 g/mol. The molecule has 0 radical (unpaired) electrons. The van der Waals surface area contributed by atoms with Gasteiger partial charge >= 0.3 is 0 Å². The van der Waals surface area contributed by atoms with E-state index in [0.717, 1.165) is 128 Å². The van der Waals surface area contributed by atoms with Gasteiger partial charge in [-0.15, -0.1) is 0 Å². The number of hydrogen-bond donors (Lipinski definition) is 0. The standard InChI is InChI=1S/C65H58N6O/c1-2-40-70-42-36-47(37-43-70)48-38-44-71(45-39-48)41-16-5-3-4-6-17-46-72-53-26-24-52(25-27-53)65-60-34-32-58(68-60)63(50-20-12-8-13-21-50)56-30-28-54(66-56)62(49-18-10-7-11-19-49)55-29-31-57(67-55)64(51-22-14-9-15-23-51)59-33-35-61(65)69-59/h7-15,18-39,42-45H,2-6,16-17,40-41,46H2,1H3. The second-order valence-corrected chi connectivity index (χ2v) is 18.6. The lowest BCUT2D eigenvalue weighted by Crippen LogP contribution is -2.14. The van der Waals surface area contributed by atoms with Crippen molar-refractivity contribution >= 4 is 45.1 Å². The van der Waals surface area contributed by atoms with Crippen LogP contribution in [-0.2, 0) is 0 Å². The van der Waals surface area contributed by atoms with Gasteiger partial charge in [-0.1, -0.05) is 136 Å². The minimum absolute atomic E-state index is 0.690. The van der Waals surface area contributed by atoms with E-state index >= 15 is 0 Å². The maximum absolute atomic E-state index is 6.33. The van der Waals surface area contributed by atoms with Crippen molar-refractivity contribution in [2.75, 3.05) is 19.7 Å². The summed E-state index contributed by atoms with van der Waals surface area (Å²) in [5.41, 5.74) is 17.3. The molecule has 7 heteroatoms. The molecule has 7 aliphatic heterocycles. The fourth-order valence-corrected chi connectivity index (χ4v) is 9.95. The van der Waals surface area contributed by atoms with Gasteiger partial charge in [0.05, 0.1) is 52.2 Å². The molecule has 0 atom stereocenters. The first-order valence-corrected chi connectivity index (χ1v) is 25.6. The fourth-order valence-electron chi connectivity index (χ4n) is 9.95. The van der Waals surface area contributed by atoms with Gasteiger partial charge in [0.2, 0.25) is 0 Å². The van der Waals surface area contributed by atoms with E-state index in [1.54, 1.807) is 0 Å². The van der Waals surface area contributed by atoms with Crippen molar-refractivity contribution in [3.8, 4) is 5.75 Å². The first kappa shape index (κ1) is 46.0. The summed E-state index contributed by atoms with van der Waals surface area (Å²) in [6, 6.07) is 39.8. The molecular formula is C65H58N6O. The fraction of sp³-hybridized carbons (Fsp3) is 0.169. The van der Waals surface area contributed by atoms with E-state index in [2.05, 4.69) is 211 Å². The van der Waals surface area contributed by atoms with Crippen LogP contribution in [-0.4, -0.2) is 52.3 Å². The Morgan fingerprint density at radius 1 is 0.347 bits per heavy atom. The highest BCUT2D eigenvalue weighted by Crippen LogP contribution is 2.39. The average molecular weight is 939 g/mol. The molecule has 0 aliphatic carbocycles. The zero-order valence-corrected chi connectivity index (χ0v) is 40.9. The van der Waals surface area contributed by atoms with Crippen LogP contribution in [0, 0.1) is 0 Å². The number of benzene rings is 4. The van der Waals surface area contributed by atoms with Crippen LogP contribution in [0.15, 0.2) is 267 Å². The number of ether oxygens (including phenoxy) is 1. The molecule has 7 heterocycles. The van der Waals surface area contributed by atoms with E-state index in [9.17, 15) is 0 Å². The third kappa shape index (κ3) is 10.2. The van der Waals surface area contributed by atoms with Crippen molar-refractivity contribution in [2.24, 2.45) is 20.0 Å². The lowest BCUT2D eigenvalue weighted by atomic mass is 9.98. The molecule has 72 heavy (non-hydrogen) atoms. The van der Waals surface area contributed by atoms with Gasteiger partial charge in [0, 0.05) is 60.2 Å². The molecule has 7 aliphatic rings. The zero-order valence-electron chi connectivity index (χ0n) is 40.9. The molecule has 0 fully saturated rings. The van der Waals surface area contributed by atoms with Crippen LogP contribution >= 0.6 is 0 Å². The summed E-state index contributed by atoms with van der Waals surface area (Å²) in [6.07, 6.45) is 42.8. The Balaban J connectivity index is 0.806. The molecule has 0 amide bonds. The Kier molecular flexibility index (Phi) is 13.9. The van der Waals surface area contributed by atoms with E-state index in [-0.39, 0.29) is 0 Å². The predicted octanol–water partition coefficient (Wildman–Crippen LogP) is 14.8. The molecule has 354 valence electrons. The van der Waals surface area contributed by atoms with Crippen LogP contribution in [0.2, 0.25) is 0 Å². The number of aliphatic imine (C=N–C) groups is 4. The van der Waals surface area contributed by atoms with Gasteiger partial charge in [0.1, 0.15) is 5.75 Å². The van der Waals surface area contributed by atoms with Gasteiger partial charge in [-0.25, -0.2) is 20.0 Å². The molecule has 4 aromatic carbocycles. The van der Waals surface area contributed by atoms with Crippen LogP contribution in [0.25, 0.3) is 22.3 Å². The van der Waals surface area contributed by atoms with Crippen LogP contribution < -0.4 is 4.74 Å². The average Bonchev–Trinajstić information content (AvgIpc) is 4.29.